The molecule has 136 valence electrons. The molecule has 0 bridgehead atoms. The Balaban J connectivity index is 1.62. The third-order valence-electron chi connectivity index (χ3n) is 4.46. The molecule has 0 saturated heterocycles. The first-order valence-corrected chi connectivity index (χ1v) is 9.17. The lowest BCUT2D eigenvalue weighted by Gasteiger charge is -2.11. The zero-order valence-electron chi connectivity index (χ0n) is 15.3. The van der Waals surface area contributed by atoms with Gasteiger partial charge in [0.1, 0.15) is 0 Å². The van der Waals surface area contributed by atoms with E-state index in [2.05, 4.69) is 41.1 Å². The highest BCUT2D eigenvalue weighted by Gasteiger charge is 2.09. The van der Waals surface area contributed by atoms with Gasteiger partial charge in [0, 0.05) is 42.6 Å². The third kappa shape index (κ3) is 4.59. The monoisotopic (exact) mass is 349 g/mol. The standard InChI is InChI=1S/C22H27N3O/c1-17(24)12-19-13-20-8-10-25(22(20)21(14-19)15-23)9-5-11-26-16-18-6-3-2-4-7-18/h2-4,6-8,10,13-15,17,23H,5,9,11-12,16,24H2,1H3. The number of nitrogens with one attached hydrogen (secondary N) is 1. The van der Waals surface area contributed by atoms with Crippen LogP contribution in [0.3, 0.4) is 0 Å². The Labute approximate surface area is 155 Å². The van der Waals surface area contributed by atoms with Crippen LogP contribution in [0.15, 0.2) is 54.7 Å². The molecule has 2 aromatic carbocycles. The van der Waals surface area contributed by atoms with Crippen molar-refractivity contribution < 1.29 is 4.74 Å². The molecule has 1 unspecified atom stereocenters. The maximum Gasteiger partial charge on any atom is 0.0716 e. The van der Waals surface area contributed by atoms with E-state index < -0.39 is 0 Å². The van der Waals surface area contributed by atoms with Gasteiger partial charge in [0.2, 0.25) is 0 Å². The van der Waals surface area contributed by atoms with Crippen LogP contribution in [0.2, 0.25) is 0 Å². The van der Waals surface area contributed by atoms with Crippen molar-refractivity contribution in [3.8, 4) is 0 Å². The number of hydrogen-bond acceptors (Lipinski definition) is 3. The first-order valence-electron chi connectivity index (χ1n) is 9.17. The molecule has 3 rings (SSSR count). The molecule has 0 amide bonds. The number of aryl methyl sites for hydroxylation is 1. The molecule has 0 saturated carbocycles. The quantitative estimate of drug-likeness (QED) is 0.450. The zero-order chi connectivity index (χ0) is 18.4. The number of nitrogens with two attached hydrogens (primary N) is 1. The highest BCUT2D eigenvalue weighted by molar-refractivity contribution is 5.97. The summed E-state index contributed by atoms with van der Waals surface area (Å²) in [5.74, 6) is 0. The predicted octanol–water partition coefficient (Wildman–Crippen LogP) is 4.14. The average molecular weight is 349 g/mol. The molecule has 3 aromatic rings. The van der Waals surface area contributed by atoms with Crippen LogP contribution >= 0.6 is 0 Å². The van der Waals surface area contributed by atoms with Crippen molar-refractivity contribution in [2.45, 2.75) is 39.0 Å². The Morgan fingerprint density at radius 1 is 1.15 bits per heavy atom. The second-order valence-corrected chi connectivity index (χ2v) is 6.85. The van der Waals surface area contributed by atoms with Gasteiger partial charge in [-0.05, 0) is 49.1 Å². The van der Waals surface area contributed by atoms with Crippen molar-refractivity contribution in [1.82, 2.24) is 4.57 Å². The molecule has 0 aliphatic heterocycles. The molecule has 0 radical (unpaired) electrons. The lowest BCUT2D eigenvalue weighted by atomic mass is 10.0. The van der Waals surface area contributed by atoms with Crippen molar-refractivity contribution in [3.05, 3.63) is 71.4 Å². The van der Waals surface area contributed by atoms with E-state index in [1.54, 1.807) is 0 Å². The van der Waals surface area contributed by atoms with Crippen LogP contribution < -0.4 is 5.73 Å². The van der Waals surface area contributed by atoms with Gasteiger partial charge in [0.05, 0.1) is 12.1 Å². The smallest absolute Gasteiger partial charge is 0.0716 e. The van der Waals surface area contributed by atoms with Gasteiger partial charge >= 0.3 is 0 Å². The molecule has 1 atom stereocenters. The fourth-order valence-corrected chi connectivity index (χ4v) is 3.34. The second kappa shape index (κ2) is 8.79. The van der Waals surface area contributed by atoms with E-state index in [1.165, 1.54) is 22.7 Å². The molecular formula is C22H27N3O. The summed E-state index contributed by atoms with van der Waals surface area (Å²) in [7, 11) is 0. The summed E-state index contributed by atoms with van der Waals surface area (Å²) in [6.45, 7) is 4.26. The van der Waals surface area contributed by atoms with Crippen LogP contribution in [0.5, 0.6) is 0 Å². The minimum absolute atomic E-state index is 0.120. The second-order valence-electron chi connectivity index (χ2n) is 6.85. The van der Waals surface area contributed by atoms with Gasteiger partial charge in [-0.1, -0.05) is 30.3 Å². The summed E-state index contributed by atoms with van der Waals surface area (Å²) in [5, 5.41) is 8.96. The summed E-state index contributed by atoms with van der Waals surface area (Å²) in [4.78, 5) is 0. The van der Waals surface area contributed by atoms with Crippen molar-refractivity contribution in [1.29, 1.82) is 5.41 Å². The summed E-state index contributed by atoms with van der Waals surface area (Å²) >= 11 is 0. The minimum Gasteiger partial charge on any atom is -0.377 e. The molecule has 4 nitrogen and oxygen atoms in total. The van der Waals surface area contributed by atoms with Crippen molar-refractivity contribution in [2.75, 3.05) is 6.61 Å². The van der Waals surface area contributed by atoms with E-state index in [0.29, 0.717) is 6.61 Å². The van der Waals surface area contributed by atoms with E-state index >= 15 is 0 Å². The van der Waals surface area contributed by atoms with Gasteiger partial charge in [-0.2, -0.15) is 0 Å². The summed E-state index contributed by atoms with van der Waals surface area (Å²) in [6, 6.07) is 16.8. The zero-order valence-corrected chi connectivity index (χ0v) is 15.3. The number of hydrogen-bond donors (Lipinski definition) is 2. The topological polar surface area (TPSA) is 64.0 Å². The Kier molecular flexibility index (Phi) is 6.21. The Morgan fingerprint density at radius 3 is 2.69 bits per heavy atom. The Morgan fingerprint density at radius 2 is 1.96 bits per heavy atom. The molecular weight excluding hydrogens is 322 g/mol. The Bertz CT molecular complexity index is 852. The summed E-state index contributed by atoms with van der Waals surface area (Å²) in [5.41, 5.74) is 10.4. The van der Waals surface area contributed by atoms with E-state index in [4.69, 9.17) is 15.9 Å². The lowest BCUT2D eigenvalue weighted by Crippen LogP contribution is -2.17. The molecule has 0 aliphatic rings. The summed E-state index contributed by atoms with van der Waals surface area (Å²) < 4.78 is 8.00. The fourth-order valence-electron chi connectivity index (χ4n) is 3.34. The maximum absolute atomic E-state index is 7.78. The first kappa shape index (κ1) is 18.4. The van der Waals surface area contributed by atoms with Gasteiger partial charge in [0.15, 0.2) is 0 Å². The Hall–Kier alpha value is -2.43. The average Bonchev–Trinajstić information content (AvgIpc) is 3.04. The van der Waals surface area contributed by atoms with E-state index in [-0.39, 0.29) is 6.04 Å². The van der Waals surface area contributed by atoms with Gasteiger partial charge in [-0.15, -0.1) is 0 Å². The molecule has 3 N–H and O–H groups in total. The molecule has 0 aliphatic carbocycles. The van der Waals surface area contributed by atoms with Crippen molar-refractivity contribution in [2.24, 2.45) is 5.73 Å². The van der Waals surface area contributed by atoms with Crippen molar-refractivity contribution >= 4 is 17.1 Å². The summed E-state index contributed by atoms with van der Waals surface area (Å²) in [6.07, 6.45) is 5.31. The first-order chi connectivity index (χ1) is 12.7. The maximum atomic E-state index is 7.78. The molecule has 1 heterocycles. The van der Waals surface area contributed by atoms with E-state index in [1.807, 2.05) is 25.1 Å². The van der Waals surface area contributed by atoms with Gasteiger partial charge in [-0.3, -0.25) is 0 Å². The van der Waals surface area contributed by atoms with Gasteiger partial charge in [-0.25, -0.2) is 0 Å². The highest BCUT2D eigenvalue weighted by atomic mass is 16.5. The SMILES string of the molecule is CC(N)Cc1cc(C=N)c2c(ccn2CCCOCc2ccccc2)c1. The van der Waals surface area contributed by atoms with Crippen LogP contribution in [0.1, 0.15) is 30.0 Å². The molecule has 4 heteroatoms. The van der Waals surface area contributed by atoms with Crippen LogP contribution in [0.4, 0.5) is 0 Å². The normalized spacial score (nSPS) is 12.4. The van der Waals surface area contributed by atoms with Crippen molar-refractivity contribution in [3.63, 3.8) is 0 Å². The number of nitrogens with zero attached hydrogens (tertiary/aromatic N) is 1. The van der Waals surface area contributed by atoms with Gasteiger partial charge in [0.25, 0.3) is 0 Å². The molecule has 0 fully saturated rings. The number of rotatable bonds is 9. The van der Waals surface area contributed by atoms with Crippen LogP contribution in [0.25, 0.3) is 10.9 Å². The van der Waals surface area contributed by atoms with E-state index in [9.17, 15) is 0 Å². The predicted molar refractivity (Wildman–Crippen MR) is 108 cm³/mol. The molecule has 0 spiro atoms. The number of benzene rings is 2. The lowest BCUT2D eigenvalue weighted by molar-refractivity contribution is 0.116. The number of fused-ring (bicyclic) bond motifs is 1. The van der Waals surface area contributed by atoms with Gasteiger partial charge < -0.3 is 20.4 Å². The fraction of sp³-hybridized carbons (Fsp3) is 0.318. The molecule has 1 aromatic heterocycles. The third-order valence-corrected chi connectivity index (χ3v) is 4.46. The van der Waals surface area contributed by atoms with Crippen LogP contribution in [-0.2, 0) is 24.3 Å². The largest absolute Gasteiger partial charge is 0.377 e. The van der Waals surface area contributed by atoms with Crippen LogP contribution in [-0.4, -0.2) is 23.4 Å². The highest BCUT2D eigenvalue weighted by Crippen LogP contribution is 2.23. The minimum atomic E-state index is 0.120. The van der Waals surface area contributed by atoms with E-state index in [0.717, 1.165) is 37.1 Å². The number of aromatic nitrogens is 1. The molecule has 26 heavy (non-hydrogen) atoms. The van der Waals surface area contributed by atoms with Crippen LogP contribution in [0, 0.1) is 5.41 Å². The number of ether oxygens (including phenoxy) is 1.